The minimum Gasteiger partial charge on any atom is -0.392 e. The summed E-state index contributed by atoms with van der Waals surface area (Å²) in [6.45, 7) is 1.49. The van der Waals surface area contributed by atoms with Gasteiger partial charge in [0, 0.05) is 13.2 Å². The molecule has 7 heteroatoms. The lowest BCUT2D eigenvalue weighted by atomic mass is 10.0. The Morgan fingerprint density at radius 3 is 2.38 bits per heavy atom. The van der Waals surface area contributed by atoms with Crippen LogP contribution in [0, 0.1) is 5.82 Å². The quantitative estimate of drug-likeness (QED) is 0.883. The molecule has 2 aromatic rings. The minimum absolute atomic E-state index is 0.0120. The molecule has 0 atom stereocenters. The number of hydrogen-bond acceptors (Lipinski definition) is 2. The molecule has 0 aliphatic rings. The van der Waals surface area contributed by atoms with Crippen molar-refractivity contribution in [1.29, 1.82) is 0 Å². The van der Waals surface area contributed by atoms with Crippen LogP contribution in [0.1, 0.15) is 23.7 Å². The van der Waals surface area contributed by atoms with Crippen molar-refractivity contribution in [1.82, 2.24) is 9.55 Å². The van der Waals surface area contributed by atoms with Crippen LogP contribution in [0.15, 0.2) is 18.3 Å². The molecule has 2 rings (SSSR count). The van der Waals surface area contributed by atoms with Crippen LogP contribution in [-0.2, 0) is 26.3 Å². The molecule has 0 bridgehead atoms. The molecule has 1 N–H and O–H groups in total. The summed E-state index contributed by atoms with van der Waals surface area (Å²) < 4.78 is 53.2. The third-order valence-electron chi connectivity index (χ3n) is 3.25. The van der Waals surface area contributed by atoms with Gasteiger partial charge in [-0.3, -0.25) is 0 Å². The van der Waals surface area contributed by atoms with E-state index < -0.39 is 17.7 Å². The standard InChI is InChI=1S/C14H14F4N2O/c1-3-8-4-10(11(15)5-9(8)7-21)13-19-12(6-20(13)2)14(16,17)18/h4-6,21H,3,7H2,1-2H3. The van der Waals surface area contributed by atoms with Crippen molar-refractivity contribution in [3.05, 3.63) is 41.0 Å². The first-order chi connectivity index (χ1) is 9.77. The fourth-order valence-corrected chi connectivity index (χ4v) is 2.16. The van der Waals surface area contributed by atoms with Crippen LogP contribution in [0.25, 0.3) is 11.4 Å². The molecule has 1 aromatic heterocycles. The van der Waals surface area contributed by atoms with Crippen molar-refractivity contribution in [2.24, 2.45) is 7.05 Å². The third kappa shape index (κ3) is 2.92. The smallest absolute Gasteiger partial charge is 0.392 e. The van der Waals surface area contributed by atoms with Crippen LogP contribution in [0.3, 0.4) is 0 Å². The maximum absolute atomic E-state index is 14.1. The summed E-state index contributed by atoms with van der Waals surface area (Å²) in [7, 11) is 1.38. The molecule has 0 fully saturated rings. The first-order valence-electron chi connectivity index (χ1n) is 6.31. The molecule has 0 saturated carbocycles. The van der Waals surface area contributed by atoms with Crippen LogP contribution in [0.5, 0.6) is 0 Å². The number of aryl methyl sites for hydroxylation is 2. The van der Waals surface area contributed by atoms with Crippen LogP contribution >= 0.6 is 0 Å². The molecular formula is C14H14F4N2O. The van der Waals surface area contributed by atoms with E-state index in [9.17, 15) is 17.6 Å². The summed E-state index contributed by atoms with van der Waals surface area (Å²) in [5, 5.41) is 9.16. The molecule has 1 heterocycles. The van der Waals surface area contributed by atoms with E-state index in [-0.39, 0.29) is 18.0 Å². The predicted molar refractivity (Wildman–Crippen MR) is 68.9 cm³/mol. The highest BCUT2D eigenvalue weighted by Gasteiger charge is 2.34. The van der Waals surface area contributed by atoms with Gasteiger partial charge in [0.05, 0.1) is 12.2 Å². The number of halogens is 4. The van der Waals surface area contributed by atoms with Crippen LogP contribution in [0.2, 0.25) is 0 Å². The maximum Gasteiger partial charge on any atom is 0.434 e. The lowest BCUT2D eigenvalue weighted by molar-refractivity contribution is -0.140. The normalized spacial score (nSPS) is 12.0. The number of imidazole rings is 1. The van der Waals surface area contributed by atoms with Gasteiger partial charge >= 0.3 is 6.18 Å². The van der Waals surface area contributed by atoms with Gasteiger partial charge in [-0.05, 0) is 29.7 Å². The molecule has 0 amide bonds. The Morgan fingerprint density at radius 2 is 1.90 bits per heavy atom. The Labute approximate surface area is 118 Å². The van der Waals surface area contributed by atoms with Crippen molar-refractivity contribution in [2.45, 2.75) is 26.1 Å². The second kappa shape index (κ2) is 5.48. The lowest BCUT2D eigenvalue weighted by Gasteiger charge is -2.10. The highest BCUT2D eigenvalue weighted by molar-refractivity contribution is 5.59. The monoisotopic (exact) mass is 302 g/mol. The lowest BCUT2D eigenvalue weighted by Crippen LogP contribution is -2.05. The van der Waals surface area contributed by atoms with E-state index >= 15 is 0 Å². The summed E-state index contributed by atoms with van der Waals surface area (Å²) in [6, 6.07) is 2.57. The summed E-state index contributed by atoms with van der Waals surface area (Å²) in [4.78, 5) is 3.48. The van der Waals surface area contributed by atoms with Gasteiger partial charge in [-0.2, -0.15) is 13.2 Å². The van der Waals surface area contributed by atoms with E-state index in [0.717, 1.165) is 16.8 Å². The highest BCUT2D eigenvalue weighted by Crippen LogP contribution is 2.32. The zero-order valence-corrected chi connectivity index (χ0v) is 11.5. The second-order valence-corrected chi connectivity index (χ2v) is 4.67. The Balaban J connectivity index is 2.59. The van der Waals surface area contributed by atoms with E-state index in [2.05, 4.69) is 4.98 Å². The fraction of sp³-hybridized carbons (Fsp3) is 0.357. The maximum atomic E-state index is 14.1. The van der Waals surface area contributed by atoms with Crippen molar-refractivity contribution in [3.8, 4) is 11.4 Å². The Morgan fingerprint density at radius 1 is 1.24 bits per heavy atom. The van der Waals surface area contributed by atoms with Gasteiger partial charge in [-0.25, -0.2) is 9.37 Å². The largest absolute Gasteiger partial charge is 0.434 e. The Kier molecular flexibility index (Phi) is 4.04. The van der Waals surface area contributed by atoms with Gasteiger partial charge in [0.25, 0.3) is 0 Å². The van der Waals surface area contributed by atoms with E-state index in [1.165, 1.54) is 13.1 Å². The second-order valence-electron chi connectivity index (χ2n) is 4.67. The van der Waals surface area contributed by atoms with E-state index in [1.807, 2.05) is 6.92 Å². The minimum atomic E-state index is -4.58. The number of hydrogen-bond donors (Lipinski definition) is 1. The van der Waals surface area contributed by atoms with Gasteiger partial charge in [0.1, 0.15) is 11.6 Å². The van der Waals surface area contributed by atoms with E-state index in [1.54, 1.807) is 0 Å². The fourth-order valence-electron chi connectivity index (χ4n) is 2.16. The zero-order chi connectivity index (χ0) is 15.8. The number of aliphatic hydroxyl groups excluding tert-OH is 1. The van der Waals surface area contributed by atoms with Crippen molar-refractivity contribution in [2.75, 3.05) is 0 Å². The van der Waals surface area contributed by atoms with E-state index in [4.69, 9.17) is 5.11 Å². The number of aromatic nitrogens is 2. The summed E-state index contributed by atoms with van der Waals surface area (Å²) >= 11 is 0. The van der Waals surface area contributed by atoms with Crippen molar-refractivity contribution >= 4 is 0 Å². The highest BCUT2D eigenvalue weighted by atomic mass is 19.4. The number of alkyl halides is 3. The summed E-state index contributed by atoms with van der Waals surface area (Å²) in [5.41, 5.74) is 0.0141. The molecule has 1 aromatic carbocycles. The first kappa shape index (κ1) is 15.5. The molecule has 0 radical (unpaired) electrons. The SMILES string of the molecule is CCc1cc(-c2nc(C(F)(F)F)cn2C)c(F)cc1CO. The zero-order valence-electron chi connectivity index (χ0n) is 11.5. The summed E-state index contributed by atoms with van der Waals surface area (Å²) in [6.07, 6.45) is -3.23. The molecule has 3 nitrogen and oxygen atoms in total. The van der Waals surface area contributed by atoms with Crippen molar-refractivity contribution in [3.63, 3.8) is 0 Å². The Bertz CT molecular complexity index is 662. The number of rotatable bonds is 3. The van der Waals surface area contributed by atoms with Crippen LogP contribution in [-0.4, -0.2) is 14.7 Å². The molecule has 114 valence electrons. The molecule has 0 unspecified atom stereocenters. The molecule has 0 aliphatic carbocycles. The molecule has 0 saturated heterocycles. The summed E-state index contributed by atoms with van der Waals surface area (Å²) in [5.74, 6) is -0.808. The average molecular weight is 302 g/mol. The molecule has 0 spiro atoms. The van der Waals surface area contributed by atoms with Gasteiger partial charge in [0.15, 0.2) is 5.69 Å². The van der Waals surface area contributed by atoms with Crippen LogP contribution in [0.4, 0.5) is 17.6 Å². The third-order valence-corrected chi connectivity index (χ3v) is 3.25. The molecule has 0 aliphatic heterocycles. The van der Waals surface area contributed by atoms with Gasteiger partial charge in [0.2, 0.25) is 0 Å². The van der Waals surface area contributed by atoms with Gasteiger partial charge in [-0.1, -0.05) is 6.92 Å². The van der Waals surface area contributed by atoms with Gasteiger partial charge < -0.3 is 9.67 Å². The van der Waals surface area contributed by atoms with E-state index in [0.29, 0.717) is 17.5 Å². The molecular weight excluding hydrogens is 288 g/mol. The first-order valence-corrected chi connectivity index (χ1v) is 6.31. The number of benzene rings is 1. The van der Waals surface area contributed by atoms with Crippen LogP contribution < -0.4 is 0 Å². The number of nitrogens with zero attached hydrogens (tertiary/aromatic N) is 2. The Hall–Kier alpha value is -1.89. The van der Waals surface area contributed by atoms with Gasteiger partial charge in [-0.15, -0.1) is 0 Å². The predicted octanol–water partition coefficient (Wildman–Crippen LogP) is 3.30. The topological polar surface area (TPSA) is 38.0 Å². The average Bonchev–Trinajstić information content (AvgIpc) is 2.80. The van der Waals surface area contributed by atoms with Crippen molar-refractivity contribution < 1.29 is 22.7 Å². The molecule has 21 heavy (non-hydrogen) atoms. The number of aliphatic hydroxyl groups is 1.